The number of benzene rings is 2. The minimum Gasteiger partial charge on any atom is -0.507 e. The Morgan fingerprint density at radius 2 is 2.14 bits per heavy atom. The molecule has 1 radical (unpaired) electrons. The second-order valence-corrected chi connectivity index (χ2v) is 3.00. The molecule has 2 heteroatoms. The van der Waals surface area contributed by atoms with Crippen LogP contribution in [0, 0.1) is 6.07 Å². The van der Waals surface area contributed by atoms with Crippen molar-refractivity contribution in [2.75, 3.05) is 6.61 Å². The monoisotopic (exact) mass is 187 g/mol. The maximum absolute atomic E-state index is 9.68. The molecule has 0 amide bonds. The van der Waals surface area contributed by atoms with E-state index in [0.717, 1.165) is 10.8 Å². The minimum absolute atomic E-state index is 0.239. The van der Waals surface area contributed by atoms with Gasteiger partial charge in [0.2, 0.25) is 0 Å². The zero-order valence-corrected chi connectivity index (χ0v) is 7.95. The summed E-state index contributed by atoms with van der Waals surface area (Å²) in [5.74, 6) is 0.825. The van der Waals surface area contributed by atoms with Crippen LogP contribution in [0.2, 0.25) is 0 Å². The van der Waals surface area contributed by atoms with E-state index in [-0.39, 0.29) is 5.75 Å². The largest absolute Gasteiger partial charge is 0.507 e. The molecule has 0 atom stereocenters. The summed E-state index contributed by atoms with van der Waals surface area (Å²) in [6.07, 6.45) is 0. The molecule has 0 saturated carbocycles. The summed E-state index contributed by atoms with van der Waals surface area (Å²) in [4.78, 5) is 0. The van der Waals surface area contributed by atoms with E-state index in [4.69, 9.17) is 4.74 Å². The van der Waals surface area contributed by atoms with Gasteiger partial charge in [0.1, 0.15) is 11.5 Å². The molecule has 0 unspecified atom stereocenters. The Kier molecular flexibility index (Phi) is 2.27. The number of aromatic hydroxyl groups is 1. The summed E-state index contributed by atoms with van der Waals surface area (Å²) in [5.41, 5.74) is 0. The maximum Gasteiger partial charge on any atom is 0.131 e. The van der Waals surface area contributed by atoms with Crippen molar-refractivity contribution in [3.05, 3.63) is 36.4 Å². The molecule has 0 fully saturated rings. The zero-order chi connectivity index (χ0) is 9.97. The van der Waals surface area contributed by atoms with Crippen molar-refractivity contribution >= 4 is 10.8 Å². The molecule has 2 rings (SSSR count). The Balaban J connectivity index is 2.60. The fourth-order valence-electron chi connectivity index (χ4n) is 1.42. The van der Waals surface area contributed by atoms with Crippen LogP contribution in [0.25, 0.3) is 10.8 Å². The molecule has 14 heavy (non-hydrogen) atoms. The van der Waals surface area contributed by atoms with Crippen LogP contribution in [-0.2, 0) is 0 Å². The highest BCUT2D eigenvalue weighted by Gasteiger charge is 2.02. The van der Waals surface area contributed by atoms with Crippen molar-refractivity contribution in [3.8, 4) is 11.5 Å². The second-order valence-electron chi connectivity index (χ2n) is 3.00. The number of fused-ring (bicyclic) bond motifs is 1. The van der Waals surface area contributed by atoms with E-state index in [1.807, 2.05) is 31.2 Å². The first-order valence-corrected chi connectivity index (χ1v) is 4.58. The van der Waals surface area contributed by atoms with E-state index in [0.29, 0.717) is 12.4 Å². The first kappa shape index (κ1) is 8.88. The molecule has 0 aliphatic heterocycles. The Labute approximate surface area is 82.8 Å². The van der Waals surface area contributed by atoms with Gasteiger partial charge in [0.05, 0.1) is 6.61 Å². The summed E-state index contributed by atoms with van der Waals surface area (Å²) in [5, 5.41) is 11.4. The highest BCUT2D eigenvalue weighted by atomic mass is 16.5. The fourth-order valence-corrected chi connectivity index (χ4v) is 1.42. The molecule has 0 aromatic heterocycles. The van der Waals surface area contributed by atoms with Crippen LogP contribution in [0.3, 0.4) is 0 Å². The third-order valence-electron chi connectivity index (χ3n) is 2.03. The summed E-state index contributed by atoms with van der Waals surface area (Å²) in [6.45, 7) is 2.48. The molecule has 71 valence electrons. The van der Waals surface area contributed by atoms with Crippen LogP contribution in [0.5, 0.6) is 11.5 Å². The number of rotatable bonds is 2. The van der Waals surface area contributed by atoms with E-state index in [2.05, 4.69) is 6.07 Å². The van der Waals surface area contributed by atoms with Crippen LogP contribution in [-0.4, -0.2) is 11.7 Å². The van der Waals surface area contributed by atoms with Gasteiger partial charge in [-0.05, 0) is 12.3 Å². The topological polar surface area (TPSA) is 29.5 Å². The molecule has 0 aliphatic carbocycles. The van der Waals surface area contributed by atoms with Gasteiger partial charge in [-0.25, -0.2) is 0 Å². The number of hydrogen-bond donors (Lipinski definition) is 1. The van der Waals surface area contributed by atoms with Crippen LogP contribution < -0.4 is 4.74 Å². The summed E-state index contributed by atoms with van der Waals surface area (Å²) in [7, 11) is 0. The predicted molar refractivity (Wildman–Crippen MR) is 55.6 cm³/mol. The molecule has 2 aromatic rings. The molecule has 0 spiro atoms. The van der Waals surface area contributed by atoms with Crippen LogP contribution >= 0.6 is 0 Å². The van der Waals surface area contributed by atoms with Crippen LogP contribution in [0.1, 0.15) is 6.92 Å². The molecule has 0 aliphatic rings. The first-order valence-electron chi connectivity index (χ1n) is 4.58. The molecular weight excluding hydrogens is 176 g/mol. The normalized spacial score (nSPS) is 10.4. The second kappa shape index (κ2) is 3.58. The van der Waals surface area contributed by atoms with Crippen molar-refractivity contribution < 1.29 is 9.84 Å². The zero-order valence-electron chi connectivity index (χ0n) is 7.95. The highest BCUT2D eigenvalue weighted by molar-refractivity contribution is 5.88. The fraction of sp³-hybridized carbons (Fsp3) is 0.167. The number of phenols is 1. The van der Waals surface area contributed by atoms with Crippen LogP contribution in [0.4, 0.5) is 0 Å². The molecule has 0 heterocycles. The Bertz CT molecular complexity index is 449. The molecule has 2 nitrogen and oxygen atoms in total. The van der Waals surface area contributed by atoms with Gasteiger partial charge in [-0.15, -0.1) is 0 Å². The van der Waals surface area contributed by atoms with Crippen molar-refractivity contribution in [3.63, 3.8) is 0 Å². The summed E-state index contributed by atoms with van der Waals surface area (Å²) < 4.78 is 5.28. The standard InChI is InChI=1S/C12H11O2/c1-2-14-10-7-9-5-3-4-6-11(9)12(13)8-10/h3-6,8,13H,2H2,1H3. The Morgan fingerprint density at radius 1 is 1.36 bits per heavy atom. The van der Waals surface area contributed by atoms with E-state index in [9.17, 15) is 5.11 Å². The maximum atomic E-state index is 9.68. The third-order valence-corrected chi connectivity index (χ3v) is 2.03. The lowest BCUT2D eigenvalue weighted by Crippen LogP contribution is -1.91. The van der Waals surface area contributed by atoms with Gasteiger partial charge in [-0.1, -0.05) is 24.3 Å². The van der Waals surface area contributed by atoms with Gasteiger partial charge in [-0.3, -0.25) is 0 Å². The van der Waals surface area contributed by atoms with E-state index in [1.54, 1.807) is 6.07 Å². The van der Waals surface area contributed by atoms with Crippen molar-refractivity contribution in [1.82, 2.24) is 0 Å². The van der Waals surface area contributed by atoms with Crippen molar-refractivity contribution in [2.24, 2.45) is 0 Å². The minimum atomic E-state index is 0.239. The Morgan fingerprint density at radius 3 is 2.93 bits per heavy atom. The smallest absolute Gasteiger partial charge is 0.131 e. The number of ether oxygens (including phenoxy) is 1. The number of hydrogen-bond acceptors (Lipinski definition) is 2. The lowest BCUT2D eigenvalue weighted by atomic mass is 10.1. The van der Waals surface area contributed by atoms with Gasteiger partial charge in [0, 0.05) is 17.5 Å². The van der Waals surface area contributed by atoms with Gasteiger partial charge in [0.25, 0.3) is 0 Å². The Hall–Kier alpha value is -1.70. The van der Waals surface area contributed by atoms with Gasteiger partial charge >= 0.3 is 0 Å². The predicted octanol–water partition coefficient (Wildman–Crippen LogP) is 2.74. The lowest BCUT2D eigenvalue weighted by molar-refractivity contribution is 0.338. The van der Waals surface area contributed by atoms with Crippen LogP contribution in [0.15, 0.2) is 30.3 Å². The van der Waals surface area contributed by atoms with E-state index < -0.39 is 0 Å². The molecule has 1 N–H and O–H groups in total. The third kappa shape index (κ3) is 1.51. The average Bonchev–Trinajstić information content (AvgIpc) is 2.18. The summed E-state index contributed by atoms with van der Waals surface area (Å²) >= 11 is 0. The van der Waals surface area contributed by atoms with E-state index in [1.165, 1.54) is 0 Å². The summed E-state index contributed by atoms with van der Waals surface area (Å²) in [6, 6.07) is 12.2. The molecule has 0 bridgehead atoms. The van der Waals surface area contributed by atoms with E-state index >= 15 is 0 Å². The molecule has 2 aromatic carbocycles. The lowest BCUT2D eigenvalue weighted by Gasteiger charge is -2.05. The highest BCUT2D eigenvalue weighted by Crippen LogP contribution is 2.29. The van der Waals surface area contributed by atoms with Gasteiger partial charge in [-0.2, -0.15) is 0 Å². The molecule has 0 saturated heterocycles. The van der Waals surface area contributed by atoms with Crippen molar-refractivity contribution in [2.45, 2.75) is 6.92 Å². The SMILES string of the molecule is CCOc1[c]c2ccccc2c(O)c1. The van der Waals surface area contributed by atoms with Gasteiger partial charge in [0.15, 0.2) is 0 Å². The van der Waals surface area contributed by atoms with Crippen molar-refractivity contribution in [1.29, 1.82) is 0 Å². The number of phenolic OH excluding ortho intramolecular Hbond substituents is 1. The van der Waals surface area contributed by atoms with Gasteiger partial charge < -0.3 is 9.84 Å². The first-order chi connectivity index (χ1) is 6.81. The molecular formula is C12H11O2. The quantitative estimate of drug-likeness (QED) is 0.783. The average molecular weight is 187 g/mol.